The normalized spacial score (nSPS) is 13.1. The molecule has 0 aliphatic heterocycles. The van der Waals surface area contributed by atoms with Gasteiger partial charge in [-0.2, -0.15) is 0 Å². The minimum Gasteiger partial charge on any atom is -0.380 e. The zero-order valence-corrected chi connectivity index (χ0v) is 12.5. The number of likely N-dealkylation sites (N-methyl/N-ethyl adjacent to an activating group) is 1. The lowest BCUT2D eigenvalue weighted by molar-refractivity contribution is 0.0600. The lowest BCUT2D eigenvalue weighted by Gasteiger charge is -2.20. The van der Waals surface area contributed by atoms with E-state index >= 15 is 0 Å². The predicted molar refractivity (Wildman–Crippen MR) is 72.9 cm³/mol. The van der Waals surface area contributed by atoms with Crippen molar-refractivity contribution >= 4 is 25.6 Å². The fourth-order valence-corrected chi connectivity index (χ4v) is 2.29. The average molecular weight is 306 g/mol. The van der Waals surface area contributed by atoms with Gasteiger partial charge in [-0.1, -0.05) is 0 Å². The molecular weight excluding hydrogens is 290 g/mol. The Bertz CT molecular complexity index is 541. The van der Waals surface area contributed by atoms with Crippen LogP contribution in [0, 0.1) is 0 Å². The summed E-state index contributed by atoms with van der Waals surface area (Å²) in [6.07, 6.45) is -0.0727. The van der Waals surface area contributed by atoms with Gasteiger partial charge in [-0.25, -0.2) is 8.42 Å². The van der Waals surface area contributed by atoms with Gasteiger partial charge in [0, 0.05) is 36.9 Å². The zero-order valence-electron chi connectivity index (χ0n) is 11.0. The van der Waals surface area contributed by atoms with Crippen molar-refractivity contribution in [2.75, 3.05) is 20.7 Å². The zero-order chi connectivity index (χ0) is 14.6. The fraction of sp³-hybridized carbons (Fsp3) is 0.417. The maximum absolute atomic E-state index is 12.0. The Kier molecular flexibility index (Phi) is 5.34. The summed E-state index contributed by atoms with van der Waals surface area (Å²) in [5.74, 6) is -0.206. The molecule has 0 bridgehead atoms. The summed E-state index contributed by atoms with van der Waals surface area (Å²) in [6.45, 7) is 2.30. The third-order valence-electron chi connectivity index (χ3n) is 2.66. The van der Waals surface area contributed by atoms with Crippen molar-refractivity contribution in [1.82, 2.24) is 4.90 Å². The number of carbonyl (C=O) groups excluding carboxylic acids is 1. The second kappa shape index (κ2) is 6.36. The SMILES string of the molecule is COC(C)CN(C)C(=O)c1ccc(S(=O)(=O)Cl)cc1. The van der Waals surface area contributed by atoms with Gasteiger partial charge < -0.3 is 9.64 Å². The van der Waals surface area contributed by atoms with Gasteiger partial charge in [-0.05, 0) is 31.2 Å². The van der Waals surface area contributed by atoms with Crippen LogP contribution in [0.4, 0.5) is 0 Å². The van der Waals surface area contributed by atoms with Crippen LogP contribution in [0.2, 0.25) is 0 Å². The van der Waals surface area contributed by atoms with Crippen LogP contribution in [0.25, 0.3) is 0 Å². The van der Waals surface area contributed by atoms with Crippen molar-refractivity contribution in [2.24, 2.45) is 0 Å². The lowest BCUT2D eigenvalue weighted by Crippen LogP contribution is -2.33. The molecule has 0 spiro atoms. The van der Waals surface area contributed by atoms with E-state index in [0.29, 0.717) is 12.1 Å². The first-order valence-electron chi connectivity index (χ1n) is 5.58. The molecule has 1 aromatic carbocycles. The van der Waals surface area contributed by atoms with Crippen LogP contribution in [0.5, 0.6) is 0 Å². The van der Waals surface area contributed by atoms with E-state index in [2.05, 4.69) is 0 Å². The maximum Gasteiger partial charge on any atom is 0.261 e. The topological polar surface area (TPSA) is 63.7 Å². The molecule has 19 heavy (non-hydrogen) atoms. The van der Waals surface area contributed by atoms with Crippen molar-refractivity contribution in [3.8, 4) is 0 Å². The smallest absolute Gasteiger partial charge is 0.261 e. The van der Waals surface area contributed by atoms with Crippen LogP contribution in [-0.4, -0.2) is 46.0 Å². The number of rotatable bonds is 5. The minimum atomic E-state index is -3.76. The monoisotopic (exact) mass is 305 g/mol. The number of amides is 1. The van der Waals surface area contributed by atoms with Crippen LogP contribution in [0.1, 0.15) is 17.3 Å². The number of halogens is 1. The Morgan fingerprint density at radius 2 is 1.89 bits per heavy atom. The molecule has 0 radical (unpaired) electrons. The van der Waals surface area contributed by atoms with Gasteiger partial charge in [-0.3, -0.25) is 4.79 Å². The molecule has 1 aromatic rings. The van der Waals surface area contributed by atoms with E-state index in [1.807, 2.05) is 6.92 Å². The second-order valence-corrected chi connectivity index (χ2v) is 6.76. The van der Waals surface area contributed by atoms with Crippen LogP contribution >= 0.6 is 10.7 Å². The summed E-state index contributed by atoms with van der Waals surface area (Å²) >= 11 is 0. The van der Waals surface area contributed by atoms with Gasteiger partial charge in [0.05, 0.1) is 11.0 Å². The number of ether oxygens (including phenoxy) is 1. The Balaban J connectivity index is 2.84. The summed E-state index contributed by atoms with van der Waals surface area (Å²) < 4.78 is 27.3. The lowest BCUT2D eigenvalue weighted by atomic mass is 10.2. The van der Waals surface area contributed by atoms with Crippen LogP contribution in [-0.2, 0) is 13.8 Å². The van der Waals surface area contributed by atoms with E-state index < -0.39 is 9.05 Å². The van der Waals surface area contributed by atoms with Crippen molar-refractivity contribution in [3.63, 3.8) is 0 Å². The Labute approximate surface area is 117 Å². The molecule has 1 atom stereocenters. The highest BCUT2D eigenvalue weighted by Crippen LogP contribution is 2.16. The number of nitrogens with zero attached hydrogens (tertiary/aromatic N) is 1. The van der Waals surface area contributed by atoms with Gasteiger partial charge in [0.1, 0.15) is 0 Å². The minimum absolute atomic E-state index is 0.0290. The molecule has 1 unspecified atom stereocenters. The third-order valence-corrected chi connectivity index (χ3v) is 4.03. The second-order valence-electron chi connectivity index (χ2n) is 4.19. The van der Waals surface area contributed by atoms with Crippen LogP contribution < -0.4 is 0 Å². The summed E-state index contributed by atoms with van der Waals surface area (Å²) in [6, 6.07) is 5.49. The maximum atomic E-state index is 12.0. The molecule has 0 saturated carbocycles. The van der Waals surface area contributed by atoms with E-state index in [9.17, 15) is 13.2 Å². The summed E-state index contributed by atoms with van der Waals surface area (Å²) in [7, 11) is 4.67. The standard InChI is InChI=1S/C12H16ClNO4S/c1-9(18-3)8-14(2)12(15)10-4-6-11(7-5-10)19(13,16)17/h4-7,9H,8H2,1-3H3. The Hall–Kier alpha value is -1.11. The molecule has 1 rings (SSSR count). The molecule has 0 aliphatic carbocycles. The molecule has 1 amide bonds. The van der Waals surface area contributed by atoms with Gasteiger partial charge in [0.2, 0.25) is 0 Å². The molecule has 0 aliphatic rings. The number of hydrogen-bond donors (Lipinski definition) is 0. The predicted octanol–water partition coefficient (Wildman–Crippen LogP) is 1.72. The third kappa shape index (κ3) is 4.49. The molecule has 0 heterocycles. The first-order chi connectivity index (χ1) is 8.75. The molecule has 0 fully saturated rings. The molecule has 5 nitrogen and oxygen atoms in total. The number of benzene rings is 1. The van der Waals surface area contributed by atoms with Gasteiger partial charge in [0.25, 0.3) is 15.0 Å². The average Bonchev–Trinajstić information content (AvgIpc) is 2.36. The number of carbonyl (C=O) groups is 1. The highest BCUT2D eigenvalue weighted by atomic mass is 35.7. The number of hydrogen-bond acceptors (Lipinski definition) is 4. The summed E-state index contributed by atoms with van der Waals surface area (Å²) in [4.78, 5) is 13.5. The van der Waals surface area contributed by atoms with Crippen LogP contribution in [0.15, 0.2) is 29.2 Å². The molecule has 106 valence electrons. The molecule has 0 saturated heterocycles. The summed E-state index contributed by atoms with van der Waals surface area (Å²) in [5, 5.41) is 0. The molecule has 0 N–H and O–H groups in total. The quantitative estimate of drug-likeness (QED) is 0.777. The Morgan fingerprint density at radius 1 is 1.37 bits per heavy atom. The van der Waals surface area contributed by atoms with Crippen LogP contribution in [0.3, 0.4) is 0 Å². The molecule has 7 heteroatoms. The highest BCUT2D eigenvalue weighted by Gasteiger charge is 2.16. The van der Waals surface area contributed by atoms with Gasteiger partial charge in [-0.15, -0.1) is 0 Å². The van der Waals surface area contributed by atoms with E-state index in [4.69, 9.17) is 15.4 Å². The largest absolute Gasteiger partial charge is 0.380 e. The van der Waals surface area contributed by atoms with E-state index in [1.165, 1.54) is 29.2 Å². The number of methoxy groups -OCH3 is 1. The van der Waals surface area contributed by atoms with Gasteiger partial charge >= 0.3 is 0 Å². The van der Waals surface area contributed by atoms with Crippen molar-refractivity contribution in [2.45, 2.75) is 17.9 Å². The molecule has 0 aromatic heterocycles. The first kappa shape index (κ1) is 15.9. The first-order valence-corrected chi connectivity index (χ1v) is 7.89. The van der Waals surface area contributed by atoms with E-state index in [1.54, 1.807) is 14.2 Å². The van der Waals surface area contributed by atoms with Crippen molar-refractivity contribution in [3.05, 3.63) is 29.8 Å². The summed E-state index contributed by atoms with van der Waals surface area (Å²) in [5.41, 5.74) is 0.398. The fourth-order valence-electron chi connectivity index (χ4n) is 1.52. The highest BCUT2D eigenvalue weighted by molar-refractivity contribution is 8.13. The van der Waals surface area contributed by atoms with E-state index in [0.717, 1.165) is 0 Å². The van der Waals surface area contributed by atoms with Crippen molar-refractivity contribution < 1.29 is 17.9 Å². The molecular formula is C12H16ClNO4S. The van der Waals surface area contributed by atoms with E-state index in [-0.39, 0.29) is 16.9 Å². The van der Waals surface area contributed by atoms with Crippen molar-refractivity contribution in [1.29, 1.82) is 0 Å². The Morgan fingerprint density at radius 3 is 2.32 bits per heavy atom. The van der Waals surface area contributed by atoms with Gasteiger partial charge in [0.15, 0.2) is 0 Å².